The zero-order valence-electron chi connectivity index (χ0n) is 18.1. The molecule has 4 rings (SSSR count). The molecule has 0 heterocycles. The van der Waals surface area contributed by atoms with Crippen LogP contribution in [0.15, 0.2) is 0 Å². The van der Waals surface area contributed by atoms with Gasteiger partial charge in [0.1, 0.15) is 5.78 Å². The molecule has 0 spiro atoms. The van der Waals surface area contributed by atoms with E-state index in [9.17, 15) is 9.18 Å². The molecule has 0 amide bonds. The Labute approximate surface area is 166 Å². The molecular weight excluding hydrogens is 335 g/mol. The largest absolute Gasteiger partial charge is 0.300 e. The molecule has 2 heteroatoms. The highest BCUT2D eigenvalue weighted by Gasteiger charge is 2.60. The normalized spacial score (nSPS) is 49.1. The lowest BCUT2D eigenvalue weighted by Gasteiger charge is -2.60. The van der Waals surface area contributed by atoms with Crippen molar-refractivity contribution in [3.05, 3.63) is 0 Å². The van der Waals surface area contributed by atoms with Gasteiger partial charge in [0.05, 0.1) is 6.17 Å². The third-order valence-corrected chi connectivity index (χ3v) is 10.3. The summed E-state index contributed by atoms with van der Waals surface area (Å²) in [6.45, 7) is 9.25. The van der Waals surface area contributed by atoms with Gasteiger partial charge in [-0.2, -0.15) is 0 Å². The van der Waals surface area contributed by atoms with Crippen molar-refractivity contribution in [2.45, 2.75) is 104 Å². The third-order valence-electron chi connectivity index (χ3n) is 10.3. The Morgan fingerprint density at radius 1 is 0.963 bits per heavy atom. The number of ketones is 1. The topological polar surface area (TPSA) is 17.1 Å². The van der Waals surface area contributed by atoms with E-state index >= 15 is 0 Å². The van der Waals surface area contributed by atoms with Gasteiger partial charge in [0, 0.05) is 12.8 Å². The molecule has 0 radical (unpaired) electrons. The van der Waals surface area contributed by atoms with E-state index in [1.54, 1.807) is 6.92 Å². The standard InChI is InChI=1S/C25H41FO/c1-16(5-6-17(2)26)21-9-10-22-20-8-7-18-15-19(27)11-13-24(18,3)23(20)12-14-25(21,22)4/h16-18,20-23H,5-15H2,1-4H3/t16-,17?,18-,20+,21-,22+,23+,24+,25-/m1/s1. The van der Waals surface area contributed by atoms with Gasteiger partial charge in [-0.3, -0.25) is 4.79 Å². The predicted molar refractivity (Wildman–Crippen MR) is 109 cm³/mol. The van der Waals surface area contributed by atoms with E-state index in [4.69, 9.17) is 0 Å². The highest BCUT2D eigenvalue weighted by atomic mass is 19.1. The van der Waals surface area contributed by atoms with Gasteiger partial charge in [-0.15, -0.1) is 0 Å². The second-order valence-electron chi connectivity index (χ2n) is 11.5. The molecule has 0 aromatic heterocycles. The Morgan fingerprint density at radius 3 is 2.44 bits per heavy atom. The van der Waals surface area contributed by atoms with Gasteiger partial charge in [0.2, 0.25) is 0 Å². The first-order chi connectivity index (χ1) is 12.8. The molecule has 1 unspecified atom stereocenters. The summed E-state index contributed by atoms with van der Waals surface area (Å²) in [5.41, 5.74) is 0.902. The summed E-state index contributed by atoms with van der Waals surface area (Å²) in [4.78, 5) is 12.1. The summed E-state index contributed by atoms with van der Waals surface area (Å²) in [5, 5.41) is 0. The highest BCUT2D eigenvalue weighted by molar-refractivity contribution is 5.79. The van der Waals surface area contributed by atoms with Gasteiger partial charge in [0.15, 0.2) is 0 Å². The van der Waals surface area contributed by atoms with E-state index < -0.39 is 6.17 Å². The smallest absolute Gasteiger partial charge is 0.133 e. The summed E-state index contributed by atoms with van der Waals surface area (Å²) in [7, 11) is 0. The van der Waals surface area contributed by atoms with E-state index in [0.29, 0.717) is 28.4 Å². The predicted octanol–water partition coefficient (Wildman–Crippen LogP) is 6.99. The second-order valence-corrected chi connectivity index (χ2v) is 11.5. The molecule has 4 fully saturated rings. The summed E-state index contributed by atoms with van der Waals surface area (Å²) in [6, 6.07) is 0. The SMILES string of the molecule is CC(F)CC[C@@H](C)[C@H]1CC[C@H]2[C@@H]3CC[C@@H]4CC(=O)CC[C@]4(C)[C@H]3CC[C@]12C. The monoisotopic (exact) mass is 376 g/mol. The average Bonchev–Trinajstić information content (AvgIpc) is 2.97. The fraction of sp³-hybridized carbons (Fsp3) is 0.960. The van der Waals surface area contributed by atoms with Crippen LogP contribution in [0.4, 0.5) is 4.39 Å². The van der Waals surface area contributed by atoms with E-state index in [0.717, 1.165) is 55.8 Å². The number of Topliss-reactive ketones (excluding diaryl/α,β-unsaturated/α-hetero) is 1. The molecule has 0 N–H and O–H groups in total. The Morgan fingerprint density at radius 2 is 1.70 bits per heavy atom. The first kappa shape index (κ1) is 19.9. The lowest BCUT2D eigenvalue weighted by Crippen LogP contribution is -2.53. The van der Waals surface area contributed by atoms with Crippen LogP contribution in [-0.2, 0) is 4.79 Å². The number of carbonyl (C=O) groups excluding carboxylic acids is 1. The molecule has 9 atom stereocenters. The van der Waals surface area contributed by atoms with Gasteiger partial charge in [-0.05, 0) is 111 Å². The van der Waals surface area contributed by atoms with Gasteiger partial charge in [-0.25, -0.2) is 4.39 Å². The third kappa shape index (κ3) is 3.21. The van der Waals surface area contributed by atoms with Crippen LogP contribution in [0.5, 0.6) is 0 Å². The van der Waals surface area contributed by atoms with Gasteiger partial charge in [-0.1, -0.05) is 20.8 Å². The molecule has 0 aromatic carbocycles. The summed E-state index contributed by atoms with van der Waals surface area (Å²) in [5.74, 6) is 5.24. The maximum atomic E-state index is 13.4. The summed E-state index contributed by atoms with van der Waals surface area (Å²) >= 11 is 0. The lowest BCUT2D eigenvalue weighted by molar-refractivity contribution is -0.140. The number of fused-ring (bicyclic) bond motifs is 5. The maximum absolute atomic E-state index is 13.4. The van der Waals surface area contributed by atoms with Crippen LogP contribution in [0.1, 0.15) is 98.3 Å². The Hall–Kier alpha value is -0.400. The first-order valence-corrected chi connectivity index (χ1v) is 11.9. The van der Waals surface area contributed by atoms with E-state index in [1.165, 1.54) is 38.5 Å². The Kier molecular flexibility index (Phi) is 5.26. The summed E-state index contributed by atoms with van der Waals surface area (Å²) < 4.78 is 13.4. The molecular formula is C25H41FO. The lowest BCUT2D eigenvalue weighted by atomic mass is 9.44. The minimum absolute atomic E-state index is 0.422. The molecule has 0 bridgehead atoms. The van der Waals surface area contributed by atoms with Crippen molar-refractivity contribution < 1.29 is 9.18 Å². The van der Waals surface area contributed by atoms with Crippen LogP contribution in [0.3, 0.4) is 0 Å². The van der Waals surface area contributed by atoms with Crippen LogP contribution in [0.2, 0.25) is 0 Å². The fourth-order valence-electron chi connectivity index (χ4n) is 8.71. The summed E-state index contributed by atoms with van der Waals surface area (Å²) in [6.07, 6.45) is 12.1. The first-order valence-electron chi connectivity index (χ1n) is 11.9. The van der Waals surface area contributed by atoms with Crippen molar-refractivity contribution >= 4 is 5.78 Å². The minimum atomic E-state index is -0.655. The molecule has 4 aliphatic carbocycles. The van der Waals surface area contributed by atoms with Crippen molar-refractivity contribution in [2.75, 3.05) is 0 Å². The van der Waals surface area contributed by atoms with Crippen LogP contribution < -0.4 is 0 Å². The average molecular weight is 377 g/mol. The fourth-order valence-corrected chi connectivity index (χ4v) is 8.71. The van der Waals surface area contributed by atoms with Crippen LogP contribution in [0.25, 0.3) is 0 Å². The van der Waals surface area contributed by atoms with E-state index in [2.05, 4.69) is 20.8 Å². The van der Waals surface area contributed by atoms with Gasteiger partial charge >= 0.3 is 0 Å². The molecule has 0 aromatic rings. The number of carbonyl (C=O) groups is 1. The molecule has 27 heavy (non-hydrogen) atoms. The van der Waals surface area contributed by atoms with Crippen molar-refractivity contribution in [3.63, 3.8) is 0 Å². The van der Waals surface area contributed by atoms with Crippen molar-refractivity contribution in [3.8, 4) is 0 Å². The van der Waals surface area contributed by atoms with E-state index in [1.807, 2.05) is 0 Å². The second kappa shape index (κ2) is 7.13. The van der Waals surface area contributed by atoms with Gasteiger partial charge < -0.3 is 0 Å². The number of hydrogen-bond acceptors (Lipinski definition) is 1. The van der Waals surface area contributed by atoms with E-state index in [-0.39, 0.29) is 0 Å². The Bertz CT molecular complexity index is 571. The van der Waals surface area contributed by atoms with Crippen LogP contribution in [-0.4, -0.2) is 12.0 Å². The number of hydrogen-bond donors (Lipinski definition) is 0. The van der Waals surface area contributed by atoms with Gasteiger partial charge in [0.25, 0.3) is 0 Å². The number of halogens is 1. The molecule has 154 valence electrons. The molecule has 0 saturated heterocycles. The van der Waals surface area contributed by atoms with Crippen molar-refractivity contribution in [2.24, 2.45) is 46.3 Å². The molecule has 0 aliphatic heterocycles. The van der Waals surface area contributed by atoms with Crippen molar-refractivity contribution in [1.29, 1.82) is 0 Å². The molecule has 1 nitrogen and oxygen atoms in total. The van der Waals surface area contributed by atoms with Crippen LogP contribution >= 0.6 is 0 Å². The Balaban J connectivity index is 1.51. The van der Waals surface area contributed by atoms with Crippen molar-refractivity contribution in [1.82, 2.24) is 0 Å². The zero-order chi connectivity index (χ0) is 19.4. The molecule has 4 saturated carbocycles. The minimum Gasteiger partial charge on any atom is -0.300 e. The number of alkyl halides is 1. The highest BCUT2D eigenvalue weighted by Crippen LogP contribution is 2.68. The van der Waals surface area contributed by atoms with Crippen LogP contribution in [0, 0.1) is 46.3 Å². The molecule has 4 aliphatic rings. The zero-order valence-corrected chi connectivity index (χ0v) is 18.1. The quantitative estimate of drug-likeness (QED) is 0.517. The number of rotatable bonds is 4. The maximum Gasteiger partial charge on any atom is 0.133 e.